The fourth-order valence-electron chi connectivity index (χ4n) is 1.21. The molecule has 2 heterocycles. The molecule has 0 bridgehead atoms. The highest BCUT2D eigenvalue weighted by atomic mass is 16.1. The van der Waals surface area contributed by atoms with E-state index in [0.29, 0.717) is 24.5 Å². The molecule has 80 valence electrons. The molecule has 5 nitrogen and oxygen atoms in total. The second-order valence-electron chi connectivity index (χ2n) is 3.14. The highest BCUT2D eigenvalue weighted by Crippen LogP contribution is 2.02. The van der Waals surface area contributed by atoms with Crippen LogP contribution in [0.4, 0.5) is 5.95 Å². The molecule has 0 radical (unpaired) electrons. The van der Waals surface area contributed by atoms with Crippen molar-refractivity contribution in [1.82, 2.24) is 15.0 Å². The molecule has 0 unspecified atom stereocenters. The average Bonchev–Trinajstić information content (AvgIpc) is 2.38. The lowest BCUT2D eigenvalue weighted by atomic mass is 10.3. The Bertz CT molecular complexity index is 472. The number of anilines is 1. The highest BCUT2D eigenvalue weighted by Gasteiger charge is 1.98. The van der Waals surface area contributed by atoms with Gasteiger partial charge < -0.3 is 5.32 Å². The van der Waals surface area contributed by atoms with Gasteiger partial charge in [0.05, 0.1) is 0 Å². The SMILES string of the molecule is O=Cc1ccnc(NCc2cccnc2)n1. The predicted octanol–water partition coefficient (Wildman–Crippen LogP) is 1.30. The molecule has 0 aliphatic heterocycles. The van der Waals surface area contributed by atoms with E-state index < -0.39 is 0 Å². The number of pyridine rings is 1. The molecule has 0 saturated heterocycles. The number of hydrogen-bond donors (Lipinski definition) is 1. The van der Waals surface area contributed by atoms with E-state index in [4.69, 9.17) is 0 Å². The lowest BCUT2D eigenvalue weighted by Gasteiger charge is -2.03. The van der Waals surface area contributed by atoms with Crippen LogP contribution in [0.1, 0.15) is 16.1 Å². The Morgan fingerprint density at radius 1 is 1.31 bits per heavy atom. The fraction of sp³-hybridized carbons (Fsp3) is 0.0909. The van der Waals surface area contributed by atoms with E-state index in [0.717, 1.165) is 5.56 Å². The summed E-state index contributed by atoms with van der Waals surface area (Å²) in [5, 5.41) is 3.01. The third-order valence-electron chi connectivity index (χ3n) is 1.97. The largest absolute Gasteiger partial charge is 0.350 e. The zero-order valence-corrected chi connectivity index (χ0v) is 8.50. The summed E-state index contributed by atoms with van der Waals surface area (Å²) in [5.74, 6) is 0.438. The van der Waals surface area contributed by atoms with Crippen molar-refractivity contribution in [2.24, 2.45) is 0 Å². The van der Waals surface area contributed by atoms with Gasteiger partial charge in [0.1, 0.15) is 5.69 Å². The molecule has 0 amide bonds. The summed E-state index contributed by atoms with van der Waals surface area (Å²) in [6.07, 6.45) is 5.71. The van der Waals surface area contributed by atoms with E-state index in [-0.39, 0.29) is 0 Å². The molecule has 0 spiro atoms. The van der Waals surface area contributed by atoms with Gasteiger partial charge in [-0.2, -0.15) is 0 Å². The molecule has 2 aromatic rings. The van der Waals surface area contributed by atoms with Crippen LogP contribution in [-0.4, -0.2) is 21.2 Å². The van der Waals surface area contributed by atoms with Crippen molar-refractivity contribution >= 4 is 12.2 Å². The van der Waals surface area contributed by atoms with Gasteiger partial charge in [0.15, 0.2) is 6.29 Å². The third-order valence-corrected chi connectivity index (χ3v) is 1.97. The normalized spacial score (nSPS) is 9.75. The Labute approximate surface area is 92.6 Å². The number of aldehydes is 1. The number of carbonyl (C=O) groups is 1. The zero-order chi connectivity index (χ0) is 11.2. The summed E-state index contributed by atoms with van der Waals surface area (Å²) in [6, 6.07) is 5.37. The number of rotatable bonds is 4. The second-order valence-corrected chi connectivity index (χ2v) is 3.14. The van der Waals surface area contributed by atoms with Gasteiger partial charge in [0, 0.05) is 25.1 Å². The molecule has 0 saturated carbocycles. The maximum atomic E-state index is 10.5. The monoisotopic (exact) mass is 214 g/mol. The maximum Gasteiger partial charge on any atom is 0.223 e. The first-order valence-corrected chi connectivity index (χ1v) is 4.79. The van der Waals surface area contributed by atoms with E-state index in [1.165, 1.54) is 0 Å². The second kappa shape index (κ2) is 4.97. The van der Waals surface area contributed by atoms with Crippen molar-refractivity contribution in [2.75, 3.05) is 5.32 Å². The van der Waals surface area contributed by atoms with E-state index in [9.17, 15) is 4.79 Å². The minimum Gasteiger partial charge on any atom is -0.350 e. The van der Waals surface area contributed by atoms with Crippen LogP contribution in [0.2, 0.25) is 0 Å². The van der Waals surface area contributed by atoms with Crippen molar-refractivity contribution in [3.05, 3.63) is 48.0 Å². The van der Waals surface area contributed by atoms with Gasteiger partial charge in [-0.1, -0.05) is 6.07 Å². The summed E-state index contributed by atoms with van der Waals surface area (Å²) in [7, 11) is 0. The van der Waals surface area contributed by atoms with Crippen molar-refractivity contribution in [2.45, 2.75) is 6.54 Å². The van der Waals surface area contributed by atoms with Crippen molar-refractivity contribution in [3.8, 4) is 0 Å². The lowest BCUT2D eigenvalue weighted by Crippen LogP contribution is -2.04. The van der Waals surface area contributed by atoms with Gasteiger partial charge in [0.2, 0.25) is 5.95 Å². The van der Waals surface area contributed by atoms with Crippen molar-refractivity contribution < 1.29 is 4.79 Å². The zero-order valence-electron chi connectivity index (χ0n) is 8.50. The van der Waals surface area contributed by atoms with E-state index in [1.807, 2.05) is 12.1 Å². The standard InChI is InChI=1S/C11H10N4O/c16-8-10-3-5-13-11(15-10)14-7-9-2-1-4-12-6-9/h1-6,8H,7H2,(H,13,14,15). The summed E-state index contributed by atoms with van der Waals surface area (Å²) in [5.41, 5.74) is 1.39. The molecule has 0 atom stereocenters. The summed E-state index contributed by atoms with van der Waals surface area (Å²) < 4.78 is 0. The molecule has 16 heavy (non-hydrogen) atoms. The van der Waals surface area contributed by atoms with Crippen LogP contribution in [0.3, 0.4) is 0 Å². The van der Waals surface area contributed by atoms with Crippen LogP contribution in [0, 0.1) is 0 Å². The molecule has 0 aromatic carbocycles. The Morgan fingerprint density at radius 3 is 3.00 bits per heavy atom. The molecular weight excluding hydrogens is 204 g/mol. The Kier molecular flexibility index (Phi) is 3.18. The molecule has 0 fully saturated rings. The van der Waals surface area contributed by atoms with Crippen LogP contribution in [0.5, 0.6) is 0 Å². The van der Waals surface area contributed by atoms with Gasteiger partial charge in [-0.25, -0.2) is 9.97 Å². The topological polar surface area (TPSA) is 67.8 Å². The first-order valence-electron chi connectivity index (χ1n) is 4.79. The maximum absolute atomic E-state index is 10.5. The van der Waals surface area contributed by atoms with Gasteiger partial charge in [-0.3, -0.25) is 9.78 Å². The van der Waals surface area contributed by atoms with Crippen LogP contribution >= 0.6 is 0 Å². The Hall–Kier alpha value is -2.30. The molecule has 0 aliphatic rings. The number of aromatic nitrogens is 3. The number of nitrogens with one attached hydrogen (secondary N) is 1. The Balaban J connectivity index is 2.02. The lowest BCUT2D eigenvalue weighted by molar-refractivity contribution is 0.111. The van der Waals surface area contributed by atoms with Gasteiger partial charge in [-0.15, -0.1) is 0 Å². The van der Waals surface area contributed by atoms with Crippen LogP contribution in [0.25, 0.3) is 0 Å². The van der Waals surface area contributed by atoms with E-state index in [1.54, 1.807) is 24.7 Å². The van der Waals surface area contributed by atoms with Gasteiger partial charge in [-0.05, 0) is 17.7 Å². The van der Waals surface area contributed by atoms with Crippen LogP contribution in [-0.2, 0) is 6.54 Å². The molecule has 1 N–H and O–H groups in total. The summed E-state index contributed by atoms with van der Waals surface area (Å²) in [4.78, 5) is 22.5. The summed E-state index contributed by atoms with van der Waals surface area (Å²) >= 11 is 0. The van der Waals surface area contributed by atoms with E-state index in [2.05, 4.69) is 20.3 Å². The van der Waals surface area contributed by atoms with Crippen molar-refractivity contribution in [3.63, 3.8) is 0 Å². The number of hydrogen-bond acceptors (Lipinski definition) is 5. The third kappa shape index (κ3) is 2.60. The molecule has 0 aliphatic carbocycles. The smallest absolute Gasteiger partial charge is 0.223 e. The van der Waals surface area contributed by atoms with Gasteiger partial charge in [0.25, 0.3) is 0 Å². The van der Waals surface area contributed by atoms with Gasteiger partial charge >= 0.3 is 0 Å². The molecule has 5 heteroatoms. The first kappa shape index (κ1) is 10.2. The first-order chi connectivity index (χ1) is 7.88. The van der Waals surface area contributed by atoms with Crippen LogP contribution in [0.15, 0.2) is 36.8 Å². The van der Waals surface area contributed by atoms with Crippen LogP contribution < -0.4 is 5.32 Å². The average molecular weight is 214 g/mol. The molecule has 2 rings (SSSR count). The number of nitrogens with zero attached hydrogens (tertiary/aromatic N) is 3. The molecule has 2 aromatic heterocycles. The quantitative estimate of drug-likeness (QED) is 0.777. The predicted molar refractivity (Wildman–Crippen MR) is 59.0 cm³/mol. The Morgan fingerprint density at radius 2 is 2.25 bits per heavy atom. The highest BCUT2D eigenvalue weighted by molar-refractivity contribution is 5.71. The summed E-state index contributed by atoms with van der Waals surface area (Å²) in [6.45, 7) is 0.580. The number of carbonyl (C=O) groups excluding carboxylic acids is 1. The molecular formula is C11H10N4O. The fourth-order valence-corrected chi connectivity index (χ4v) is 1.21. The minimum atomic E-state index is 0.365. The van der Waals surface area contributed by atoms with E-state index >= 15 is 0 Å². The minimum absolute atomic E-state index is 0.365. The van der Waals surface area contributed by atoms with Crippen molar-refractivity contribution in [1.29, 1.82) is 0 Å².